The topological polar surface area (TPSA) is 119 Å². The molecule has 2 aromatic heterocycles. The van der Waals surface area contributed by atoms with Crippen LogP contribution in [0.15, 0.2) is 33.9 Å². The van der Waals surface area contributed by atoms with Crippen molar-refractivity contribution in [3.63, 3.8) is 0 Å². The summed E-state index contributed by atoms with van der Waals surface area (Å²) in [6.45, 7) is 4.25. The quantitative estimate of drug-likeness (QED) is 0.489. The molecule has 30 heavy (non-hydrogen) atoms. The second-order valence-corrected chi connectivity index (χ2v) is 6.89. The molecule has 0 aliphatic heterocycles. The molecular formula is C21H26N4O5. The first kappa shape index (κ1) is 21.4. The molecule has 0 bridgehead atoms. The standard InChI is InChI=1S/C21H26N4O5/c1-3-12-25-20(27)18-19(24-21(25)28)23-16(22-18)7-5-6-14-8-10-15(11-9-14)30-13-17(26)29-4-2/h8-11H,3-7,12-13H2,1-2H3,(H,22,23)(H,24,28). The number of benzene rings is 1. The van der Waals surface area contributed by atoms with Crippen molar-refractivity contribution in [3.05, 3.63) is 56.5 Å². The molecule has 1 aromatic carbocycles. The van der Waals surface area contributed by atoms with Gasteiger partial charge in [-0.25, -0.2) is 14.6 Å². The largest absolute Gasteiger partial charge is 0.482 e. The molecule has 3 aromatic rings. The third-order valence-corrected chi connectivity index (χ3v) is 4.59. The lowest BCUT2D eigenvalue weighted by molar-refractivity contribution is -0.145. The number of nitrogens with one attached hydrogen (secondary N) is 2. The number of aromatic amines is 2. The van der Waals surface area contributed by atoms with Crippen LogP contribution >= 0.6 is 0 Å². The smallest absolute Gasteiger partial charge is 0.344 e. The highest BCUT2D eigenvalue weighted by Crippen LogP contribution is 2.14. The van der Waals surface area contributed by atoms with E-state index in [0.29, 0.717) is 48.7 Å². The zero-order valence-corrected chi connectivity index (χ0v) is 17.2. The predicted molar refractivity (Wildman–Crippen MR) is 112 cm³/mol. The molecule has 160 valence electrons. The summed E-state index contributed by atoms with van der Waals surface area (Å²) in [6.07, 6.45) is 2.97. The summed E-state index contributed by atoms with van der Waals surface area (Å²) in [6, 6.07) is 7.52. The van der Waals surface area contributed by atoms with E-state index in [2.05, 4.69) is 15.0 Å². The summed E-state index contributed by atoms with van der Waals surface area (Å²) in [5, 5.41) is 0. The zero-order valence-electron chi connectivity index (χ0n) is 17.2. The van der Waals surface area contributed by atoms with Gasteiger partial charge in [0.25, 0.3) is 5.56 Å². The zero-order chi connectivity index (χ0) is 21.5. The average molecular weight is 414 g/mol. The van der Waals surface area contributed by atoms with Crippen LogP contribution in [0.2, 0.25) is 0 Å². The SMILES string of the molecule is CCCn1c(=O)[nH]c2nc(CCCc3ccc(OCC(=O)OCC)cc3)[nH]c2c1=O. The molecule has 0 radical (unpaired) electrons. The Labute approximate surface area is 173 Å². The first-order chi connectivity index (χ1) is 14.5. The summed E-state index contributed by atoms with van der Waals surface area (Å²) in [5.74, 6) is 0.882. The number of nitrogens with zero attached hydrogens (tertiary/aromatic N) is 2. The van der Waals surface area contributed by atoms with Crippen molar-refractivity contribution < 1.29 is 14.3 Å². The number of imidazole rings is 1. The lowest BCUT2D eigenvalue weighted by Crippen LogP contribution is -2.34. The first-order valence-corrected chi connectivity index (χ1v) is 10.1. The molecule has 0 spiro atoms. The van der Waals surface area contributed by atoms with Gasteiger partial charge >= 0.3 is 11.7 Å². The van der Waals surface area contributed by atoms with Gasteiger partial charge in [0.15, 0.2) is 12.3 Å². The first-order valence-electron chi connectivity index (χ1n) is 10.1. The third kappa shape index (κ3) is 5.16. The second kappa shape index (κ2) is 9.91. The monoisotopic (exact) mass is 414 g/mol. The Morgan fingerprint density at radius 1 is 1.10 bits per heavy atom. The minimum atomic E-state index is -0.433. The van der Waals surface area contributed by atoms with Gasteiger partial charge in [0.05, 0.1) is 6.61 Å². The van der Waals surface area contributed by atoms with E-state index in [0.717, 1.165) is 18.4 Å². The van der Waals surface area contributed by atoms with Crippen molar-refractivity contribution >= 4 is 17.1 Å². The number of ether oxygens (including phenoxy) is 2. The Morgan fingerprint density at radius 2 is 1.87 bits per heavy atom. The third-order valence-electron chi connectivity index (χ3n) is 4.59. The van der Waals surface area contributed by atoms with E-state index in [9.17, 15) is 14.4 Å². The van der Waals surface area contributed by atoms with Gasteiger partial charge in [-0.2, -0.15) is 0 Å². The molecule has 3 rings (SSSR count). The van der Waals surface area contributed by atoms with E-state index in [-0.39, 0.29) is 12.2 Å². The number of esters is 1. The molecule has 0 saturated carbocycles. The minimum Gasteiger partial charge on any atom is -0.482 e. The molecule has 9 heteroatoms. The Hall–Kier alpha value is -3.36. The van der Waals surface area contributed by atoms with Crippen LogP contribution in [0.3, 0.4) is 0 Å². The molecule has 2 N–H and O–H groups in total. The van der Waals surface area contributed by atoms with E-state index in [4.69, 9.17) is 9.47 Å². The van der Waals surface area contributed by atoms with Crippen LogP contribution in [0.5, 0.6) is 5.75 Å². The van der Waals surface area contributed by atoms with Crippen molar-refractivity contribution in [2.45, 2.75) is 46.1 Å². The number of aryl methyl sites for hydroxylation is 2. The average Bonchev–Trinajstić information content (AvgIpc) is 3.13. The summed E-state index contributed by atoms with van der Waals surface area (Å²) >= 11 is 0. The summed E-state index contributed by atoms with van der Waals surface area (Å²) in [4.78, 5) is 45.8. The number of H-pyrrole nitrogens is 2. The highest BCUT2D eigenvalue weighted by atomic mass is 16.6. The number of rotatable bonds is 10. The van der Waals surface area contributed by atoms with Crippen molar-refractivity contribution in [1.29, 1.82) is 0 Å². The second-order valence-electron chi connectivity index (χ2n) is 6.89. The molecule has 0 atom stereocenters. The Balaban J connectivity index is 1.57. The lowest BCUT2D eigenvalue weighted by Gasteiger charge is -2.06. The predicted octanol–water partition coefficient (Wildman–Crippen LogP) is 1.94. The molecule has 0 aliphatic rings. The number of hydrogen-bond donors (Lipinski definition) is 2. The van der Waals surface area contributed by atoms with Gasteiger partial charge in [-0.15, -0.1) is 0 Å². The minimum absolute atomic E-state index is 0.110. The van der Waals surface area contributed by atoms with Crippen LogP contribution in [0.4, 0.5) is 0 Å². The maximum Gasteiger partial charge on any atom is 0.344 e. The van der Waals surface area contributed by atoms with Gasteiger partial charge in [-0.3, -0.25) is 14.3 Å². The molecule has 0 saturated heterocycles. The molecule has 9 nitrogen and oxygen atoms in total. The van der Waals surface area contributed by atoms with Crippen molar-refractivity contribution in [2.24, 2.45) is 0 Å². The van der Waals surface area contributed by atoms with Gasteiger partial charge in [-0.05, 0) is 43.9 Å². The van der Waals surface area contributed by atoms with Gasteiger partial charge in [0.1, 0.15) is 17.1 Å². The molecule has 2 heterocycles. The Bertz CT molecular complexity index is 1110. The van der Waals surface area contributed by atoms with Gasteiger partial charge in [0.2, 0.25) is 0 Å². The van der Waals surface area contributed by atoms with Gasteiger partial charge in [0, 0.05) is 13.0 Å². The number of hydrogen-bond acceptors (Lipinski definition) is 6. The maximum absolute atomic E-state index is 12.4. The van der Waals surface area contributed by atoms with Crippen LogP contribution in [0, 0.1) is 0 Å². The van der Waals surface area contributed by atoms with E-state index < -0.39 is 11.7 Å². The van der Waals surface area contributed by atoms with Crippen LogP contribution < -0.4 is 16.0 Å². The normalized spacial score (nSPS) is 11.0. The molecule has 0 amide bonds. The lowest BCUT2D eigenvalue weighted by atomic mass is 10.1. The molecule has 0 unspecified atom stereocenters. The maximum atomic E-state index is 12.4. The summed E-state index contributed by atoms with van der Waals surface area (Å²) in [5.41, 5.74) is 0.982. The van der Waals surface area contributed by atoms with E-state index >= 15 is 0 Å². The molecule has 0 fully saturated rings. The fraction of sp³-hybridized carbons (Fsp3) is 0.429. The number of carbonyl (C=O) groups is 1. The Morgan fingerprint density at radius 3 is 2.57 bits per heavy atom. The molecule has 0 aliphatic carbocycles. The van der Waals surface area contributed by atoms with E-state index in [1.54, 1.807) is 6.92 Å². The van der Waals surface area contributed by atoms with Crippen LogP contribution in [-0.2, 0) is 28.9 Å². The number of aromatic nitrogens is 4. The van der Waals surface area contributed by atoms with Crippen LogP contribution in [0.25, 0.3) is 11.2 Å². The van der Waals surface area contributed by atoms with E-state index in [1.807, 2.05) is 31.2 Å². The summed E-state index contributed by atoms with van der Waals surface area (Å²) < 4.78 is 11.4. The fourth-order valence-electron chi connectivity index (χ4n) is 3.17. The van der Waals surface area contributed by atoms with Crippen molar-refractivity contribution in [2.75, 3.05) is 13.2 Å². The summed E-state index contributed by atoms with van der Waals surface area (Å²) in [7, 11) is 0. The van der Waals surface area contributed by atoms with Gasteiger partial charge in [-0.1, -0.05) is 19.1 Å². The van der Waals surface area contributed by atoms with E-state index in [1.165, 1.54) is 4.57 Å². The highest BCUT2D eigenvalue weighted by Gasteiger charge is 2.11. The number of fused-ring (bicyclic) bond motifs is 1. The van der Waals surface area contributed by atoms with Crippen LogP contribution in [0.1, 0.15) is 38.1 Å². The highest BCUT2D eigenvalue weighted by molar-refractivity contribution is 5.71. The fourth-order valence-corrected chi connectivity index (χ4v) is 3.17. The van der Waals surface area contributed by atoms with Crippen molar-refractivity contribution in [1.82, 2.24) is 19.5 Å². The Kier molecular flexibility index (Phi) is 7.05. The van der Waals surface area contributed by atoms with Crippen molar-refractivity contribution in [3.8, 4) is 5.75 Å². The molecular weight excluding hydrogens is 388 g/mol. The van der Waals surface area contributed by atoms with Gasteiger partial charge < -0.3 is 14.5 Å². The number of carbonyl (C=O) groups excluding carboxylic acids is 1. The van der Waals surface area contributed by atoms with Crippen LogP contribution in [-0.4, -0.2) is 38.7 Å².